The van der Waals surface area contributed by atoms with Gasteiger partial charge in [-0.25, -0.2) is 0 Å². The molecule has 18 heavy (non-hydrogen) atoms. The van der Waals surface area contributed by atoms with Crippen molar-refractivity contribution in [2.75, 3.05) is 13.2 Å². The summed E-state index contributed by atoms with van der Waals surface area (Å²) >= 11 is 0. The van der Waals surface area contributed by atoms with Crippen molar-refractivity contribution in [3.05, 3.63) is 0 Å². The summed E-state index contributed by atoms with van der Waals surface area (Å²) in [5, 5.41) is 12.6. The highest BCUT2D eigenvalue weighted by Gasteiger charge is 2.30. The van der Waals surface area contributed by atoms with Gasteiger partial charge >= 0.3 is 0 Å². The molecule has 2 fully saturated rings. The summed E-state index contributed by atoms with van der Waals surface area (Å²) in [6, 6.07) is 0.448. The van der Waals surface area contributed by atoms with E-state index >= 15 is 0 Å². The summed E-state index contributed by atoms with van der Waals surface area (Å²) in [6.45, 7) is 3.07. The second kappa shape index (κ2) is 6.53. The molecule has 0 aromatic heterocycles. The van der Waals surface area contributed by atoms with Crippen molar-refractivity contribution < 1.29 is 9.90 Å². The van der Waals surface area contributed by atoms with E-state index in [-0.39, 0.29) is 24.6 Å². The van der Waals surface area contributed by atoms with Crippen LogP contribution in [0.5, 0.6) is 0 Å². The van der Waals surface area contributed by atoms with Gasteiger partial charge < -0.3 is 10.4 Å². The monoisotopic (exact) mass is 254 g/mol. The Kier molecular flexibility index (Phi) is 5.01. The molecule has 1 saturated carbocycles. The van der Waals surface area contributed by atoms with Crippen LogP contribution in [0.4, 0.5) is 0 Å². The van der Waals surface area contributed by atoms with Crippen molar-refractivity contribution >= 4 is 5.91 Å². The molecule has 1 saturated heterocycles. The molecule has 2 rings (SSSR count). The number of hydrogen-bond donors (Lipinski definition) is 2. The summed E-state index contributed by atoms with van der Waals surface area (Å²) in [6.07, 6.45) is 8.04. The number of nitrogens with zero attached hydrogens (tertiary/aromatic N) is 1. The second-order valence-electron chi connectivity index (χ2n) is 5.74. The van der Waals surface area contributed by atoms with Crippen LogP contribution in [0.1, 0.15) is 51.9 Å². The molecule has 2 unspecified atom stereocenters. The van der Waals surface area contributed by atoms with Crippen LogP contribution in [0.15, 0.2) is 0 Å². The van der Waals surface area contributed by atoms with Gasteiger partial charge in [-0.2, -0.15) is 0 Å². The zero-order valence-electron chi connectivity index (χ0n) is 11.4. The lowest BCUT2D eigenvalue weighted by Crippen LogP contribution is -2.54. The van der Waals surface area contributed by atoms with E-state index in [1.54, 1.807) is 0 Å². The van der Waals surface area contributed by atoms with Gasteiger partial charge in [-0.3, -0.25) is 9.69 Å². The van der Waals surface area contributed by atoms with Crippen LogP contribution in [0.2, 0.25) is 0 Å². The van der Waals surface area contributed by atoms with E-state index in [1.807, 2.05) is 6.92 Å². The Balaban J connectivity index is 1.87. The van der Waals surface area contributed by atoms with Gasteiger partial charge in [-0.05, 0) is 39.2 Å². The Morgan fingerprint density at radius 2 is 1.94 bits per heavy atom. The number of carbonyl (C=O) groups excluding carboxylic acids is 1. The minimum atomic E-state index is -0.108. The van der Waals surface area contributed by atoms with Crippen molar-refractivity contribution in [3.63, 3.8) is 0 Å². The van der Waals surface area contributed by atoms with Crippen LogP contribution in [0.25, 0.3) is 0 Å². The quantitative estimate of drug-likeness (QED) is 0.794. The van der Waals surface area contributed by atoms with Crippen LogP contribution in [-0.4, -0.2) is 47.2 Å². The Morgan fingerprint density at radius 1 is 1.28 bits per heavy atom. The summed E-state index contributed by atoms with van der Waals surface area (Å²) in [5.74, 6) is 0.141. The number of hydrogen-bond acceptors (Lipinski definition) is 3. The van der Waals surface area contributed by atoms with E-state index in [0.717, 1.165) is 32.2 Å². The first-order chi connectivity index (χ1) is 8.72. The first kappa shape index (κ1) is 13.8. The molecule has 2 N–H and O–H groups in total. The largest absolute Gasteiger partial charge is 0.395 e. The molecule has 4 nitrogen and oxygen atoms in total. The predicted octanol–water partition coefficient (Wildman–Crippen LogP) is 1.28. The number of amides is 1. The number of piperidine rings is 1. The lowest BCUT2D eigenvalue weighted by Gasteiger charge is -2.38. The third-order valence-electron chi connectivity index (χ3n) is 4.46. The molecule has 104 valence electrons. The first-order valence-corrected chi connectivity index (χ1v) is 7.39. The highest BCUT2D eigenvalue weighted by atomic mass is 16.3. The van der Waals surface area contributed by atoms with E-state index in [1.165, 1.54) is 19.3 Å². The molecular weight excluding hydrogens is 228 g/mol. The average Bonchev–Trinajstić information content (AvgIpc) is 2.90. The van der Waals surface area contributed by atoms with Gasteiger partial charge in [-0.1, -0.05) is 19.3 Å². The van der Waals surface area contributed by atoms with Crippen molar-refractivity contribution in [2.24, 2.45) is 0 Å². The Hall–Kier alpha value is -0.610. The van der Waals surface area contributed by atoms with E-state index in [4.69, 9.17) is 0 Å². The zero-order chi connectivity index (χ0) is 13.0. The number of nitrogens with one attached hydrogen (secondary N) is 1. The molecule has 1 aliphatic heterocycles. The fourth-order valence-electron chi connectivity index (χ4n) is 3.27. The van der Waals surface area contributed by atoms with Gasteiger partial charge in [0.05, 0.1) is 12.6 Å². The van der Waals surface area contributed by atoms with Crippen molar-refractivity contribution in [3.8, 4) is 0 Å². The maximum absolute atomic E-state index is 12.2. The summed E-state index contributed by atoms with van der Waals surface area (Å²) in [5.41, 5.74) is 0. The average molecular weight is 254 g/mol. The van der Waals surface area contributed by atoms with E-state index in [0.29, 0.717) is 6.04 Å². The third kappa shape index (κ3) is 3.23. The molecule has 1 heterocycles. The number of likely N-dealkylation sites (tertiary alicyclic amines) is 1. The number of rotatable bonds is 4. The minimum Gasteiger partial charge on any atom is -0.395 e. The fourth-order valence-corrected chi connectivity index (χ4v) is 3.27. The summed E-state index contributed by atoms with van der Waals surface area (Å²) in [7, 11) is 0. The van der Waals surface area contributed by atoms with Crippen molar-refractivity contribution in [1.29, 1.82) is 0 Å². The highest BCUT2D eigenvalue weighted by molar-refractivity contribution is 5.81. The molecule has 1 aliphatic carbocycles. The molecule has 0 radical (unpaired) electrons. The van der Waals surface area contributed by atoms with E-state index in [9.17, 15) is 9.90 Å². The van der Waals surface area contributed by atoms with Gasteiger partial charge in [0, 0.05) is 12.1 Å². The van der Waals surface area contributed by atoms with Crippen LogP contribution in [0.3, 0.4) is 0 Å². The molecule has 0 aromatic rings. The van der Waals surface area contributed by atoms with Crippen LogP contribution in [-0.2, 0) is 4.79 Å². The van der Waals surface area contributed by atoms with Crippen LogP contribution < -0.4 is 5.32 Å². The molecule has 2 atom stereocenters. The van der Waals surface area contributed by atoms with Crippen molar-refractivity contribution in [2.45, 2.75) is 70.0 Å². The normalized spacial score (nSPS) is 28.2. The minimum absolute atomic E-state index is 0.108. The lowest BCUT2D eigenvalue weighted by molar-refractivity contribution is -0.128. The topological polar surface area (TPSA) is 52.6 Å². The van der Waals surface area contributed by atoms with Crippen molar-refractivity contribution in [1.82, 2.24) is 10.2 Å². The van der Waals surface area contributed by atoms with Gasteiger partial charge in [0.25, 0.3) is 0 Å². The van der Waals surface area contributed by atoms with Gasteiger partial charge in [0.2, 0.25) is 5.91 Å². The molecular formula is C14H26N2O2. The molecule has 0 bridgehead atoms. The molecule has 4 heteroatoms. The molecule has 0 aromatic carbocycles. The van der Waals surface area contributed by atoms with Crippen LogP contribution >= 0.6 is 0 Å². The van der Waals surface area contributed by atoms with Crippen LogP contribution in [0, 0.1) is 0 Å². The maximum atomic E-state index is 12.2. The van der Waals surface area contributed by atoms with Gasteiger partial charge in [0.15, 0.2) is 0 Å². The number of carbonyl (C=O) groups is 1. The molecule has 1 amide bonds. The van der Waals surface area contributed by atoms with Gasteiger partial charge in [-0.15, -0.1) is 0 Å². The summed E-state index contributed by atoms with van der Waals surface area (Å²) < 4.78 is 0. The maximum Gasteiger partial charge on any atom is 0.237 e. The summed E-state index contributed by atoms with van der Waals surface area (Å²) in [4.78, 5) is 14.4. The highest BCUT2D eigenvalue weighted by Crippen LogP contribution is 2.21. The Bertz CT molecular complexity index is 277. The SMILES string of the molecule is CC(C(=O)NC1CCCC1)N1CCCCC1CO. The Labute approximate surface area is 110 Å². The first-order valence-electron chi connectivity index (χ1n) is 7.39. The van der Waals surface area contributed by atoms with E-state index < -0.39 is 0 Å². The number of aliphatic hydroxyl groups excluding tert-OH is 1. The Morgan fingerprint density at radius 3 is 2.61 bits per heavy atom. The van der Waals surface area contributed by atoms with E-state index in [2.05, 4.69) is 10.2 Å². The molecule has 0 spiro atoms. The second-order valence-corrected chi connectivity index (χ2v) is 5.74. The molecule has 2 aliphatic rings. The van der Waals surface area contributed by atoms with Gasteiger partial charge in [0.1, 0.15) is 0 Å². The number of aliphatic hydroxyl groups is 1. The third-order valence-corrected chi connectivity index (χ3v) is 4.46. The fraction of sp³-hybridized carbons (Fsp3) is 0.929. The lowest BCUT2D eigenvalue weighted by atomic mass is 10.0. The smallest absolute Gasteiger partial charge is 0.237 e. The standard InChI is InChI=1S/C14H26N2O2/c1-11(14(18)15-12-6-2-3-7-12)16-9-5-4-8-13(16)10-17/h11-13,17H,2-10H2,1H3,(H,15,18). The zero-order valence-corrected chi connectivity index (χ0v) is 11.4. The predicted molar refractivity (Wildman–Crippen MR) is 71.3 cm³/mol.